The molecule has 3 fully saturated rings. The van der Waals surface area contributed by atoms with Crippen LogP contribution >= 0.6 is 0 Å². The fourth-order valence-corrected chi connectivity index (χ4v) is 4.11. The van der Waals surface area contributed by atoms with E-state index in [4.69, 9.17) is 23.7 Å². The second-order valence-electron chi connectivity index (χ2n) is 8.49. The van der Waals surface area contributed by atoms with Crippen LogP contribution in [0.15, 0.2) is 0 Å². The fourth-order valence-electron chi connectivity index (χ4n) is 4.11. The third-order valence-electron chi connectivity index (χ3n) is 6.20. The van der Waals surface area contributed by atoms with Gasteiger partial charge in [0.2, 0.25) is 0 Å². The van der Waals surface area contributed by atoms with E-state index in [1.165, 1.54) is 0 Å². The Kier molecular flexibility index (Phi) is 9.39. The van der Waals surface area contributed by atoms with Gasteiger partial charge in [-0.2, -0.15) is 0 Å². The largest absolute Gasteiger partial charge is 0.394 e. The summed E-state index contributed by atoms with van der Waals surface area (Å²) in [6.45, 7) is -2.63. The topological polar surface area (TPSA) is 289 Å². The molecule has 0 aromatic heterocycles. The third kappa shape index (κ3) is 5.33. The van der Waals surface area contributed by atoms with Crippen molar-refractivity contribution in [1.29, 1.82) is 0 Å². The molecule has 0 aromatic carbocycles. The Morgan fingerprint density at radius 2 is 0.886 bits per heavy atom. The minimum absolute atomic E-state index is 0.817. The number of rotatable bonds is 7. The van der Waals surface area contributed by atoms with Crippen LogP contribution in [0.1, 0.15) is 0 Å². The van der Waals surface area contributed by atoms with Crippen molar-refractivity contribution in [2.45, 2.75) is 91.8 Å². The molecule has 206 valence electrons. The average molecular weight is 520 g/mol. The molecule has 3 saturated heterocycles. The molecule has 12 N–H and O–H groups in total. The van der Waals surface area contributed by atoms with Crippen molar-refractivity contribution in [3.63, 3.8) is 0 Å². The zero-order chi connectivity index (χ0) is 26.2. The lowest BCUT2D eigenvalue weighted by atomic mass is 9.95. The first kappa shape index (κ1) is 28.9. The molecule has 1 unspecified atom stereocenters. The van der Waals surface area contributed by atoms with Gasteiger partial charge in [0.1, 0.15) is 67.1 Å². The standard InChI is InChI=1S/C18H32O17/c19-1-4-7(22)10(25)13(16(29)31-4)34-18(15(28)12(27)9(24)6(3-21)33-18)35-14-11(26)8(23)5(2-20)32-17(14)30/h4-17,19-30H,1-3H2/t4-,5-,6-,7-,8-,9-,10+,11+,12+,13+,14+,15+,16-,17+,18?/m1/s1. The van der Waals surface area contributed by atoms with Gasteiger partial charge in [0.15, 0.2) is 18.7 Å². The van der Waals surface area contributed by atoms with E-state index in [-0.39, 0.29) is 0 Å². The molecule has 0 saturated carbocycles. The van der Waals surface area contributed by atoms with E-state index in [0.29, 0.717) is 0 Å². The van der Waals surface area contributed by atoms with Gasteiger partial charge in [-0.25, -0.2) is 0 Å². The average Bonchev–Trinajstić information content (AvgIpc) is 2.84. The van der Waals surface area contributed by atoms with Gasteiger partial charge >= 0.3 is 5.97 Å². The molecule has 35 heavy (non-hydrogen) atoms. The molecule has 0 aromatic rings. The lowest BCUT2D eigenvalue weighted by Gasteiger charge is -2.52. The molecule has 3 rings (SSSR count). The van der Waals surface area contributed by atoms with Gasteiger partial charge in [-0.3, -0.25) is 0 Å². The SMILES string of the molecule is OC[C@H]1O[C@@H](O)[C@@H](OC2(O[C@H]3[C@@H](O)[C@H](O)[C@@H](CO)O[C@@H]3O)O[C@H](CO)[C@@H](O)[C@H](O)[C@@H]2O)[C@@H](O)[C@@H]1O. The Bertz CT molecular complexity index is 643. The summed E-state index contributed by atoms with van der Waals surface area (Å²) in [5.41, 5.74) is 0. The summed E-state index contributed by atoms with van der Waals surface area (Å²) in [5, 5.41) is 121. The molecule has 15 atom stereocenters. The summed E-state index contributed by atoms with van der Waals surface area (Å²) < 4.78 is 26.0. The Morgan fingerprint density at radius 1 is 0.514 bits per heavy atom. The van der Waals surface area contributed by atoms with Crippen molar-refractivity contribution < 1.29 is 85.0 Å². The van der Waals surface area contributed by atoms with Crippen LogP contribution in [0.25, 0.3) is 0 Å². The van der Waals surface area contributed by atoms with Crippen molar-refractivity contribution in [2.75, 3.05) is 19.8 Å². The highest BCUT2D eigenvalue weighted by Crippen LogP contribution is 2.39. The highest BCUT2D eigenvalue weighted by atomic mass is 16.9. The summed E-state index contributed by atoms with van der Waals surface area (Å²) in [6.07, 6.45) is -27.3. The zero-order valence-electron chi connectivity index (χ0n) is 18.1. The van der Waals surface area contributed by atoms with Gasteiger partial charge in [-0.1, -0.05) is 0 Å². The van der Waals surface area contributed by atoms with Crippen LogP contribution in [-0.2, 0) is 23.7 Å². The normalized spacial score (nSPS) is 53.5. The maximum Gasteiger partial charge on any atom is 0.314 e. The third-order valence-corrected chi connectivity index (χ3v) is 6.20. The zero-order valence-corrected chi connectivity index (χ0v) is 18.1. The number of hydrogen-bond donors (Lipinski definition) is 12. The number of hydrogen-bond acceptors (Lipinski definition) is 17. The van der Waals surface area contributed by atoms with Crippen LogP contribution in [0.5, 0.6) is 0 Å². The first-order chi connectivity index (χ1) is 16.4. The maximum absolute atomic E-state index is 10.7. The van der Waals surface area contributed by atoms with Gasteiger partial charge < -0.3 is 85.0 Å². The minimum Gasteiger partial charge on any atom is -0.394 e. The highest BCUT2D eigenvalue weighted by molar-refractivity contribution is 4.98. The van der Waals surface area contributed by atoms with Crippen molar-refractivity contribution in [1.82, 2.24) is 0 Å². The Morgan fingerprint density at radius 3 is 1.26 bits per heavy atom. The second-order valence-corrected chi connectivity index (χ2v) is 8.49. The van der Waals surface area contributed by atoms with Crippen LogP contribution in [-0.4, -0.2) is 173 Å². The fraction of sp³-hybridized carbons (Fsp3) is 1.00. The van der Waals surface area contributed by atoms with Gasteiger partial charge in [0, 0.05) is 0 Å². The van der Waals surface area contributed by atoms with Crippen LogP contribution in [0.4, 0.5) is 0 Å². The molecule has 3 aliphatic rings. The van der Waals surface area contributed by atoms with E-state index in [2.05, 4.69) is 0 Å². The number of ether oxygens (including phenoxy) is 5. The van der Waals surface area contributed by atoms with Crippen LogP contribution in [0, 0.1) is 0 Å². The second kappa shape index (κ2) is 11.4. The monoisotopic (exact) mass is 520 g/mol. The predicted octanol–water partition coefficient (Wildman–Crippen LogP) is -8.25. The molecule has 0 bridgehead atoms. The predicted molar refractivity (Wildman–Crippen MR) is 102 cm³/mol. The molecule has 0 aliphatic carbocycles. The number of aliphatic hydroxyl groups excluding tert-OH is 12. The van der Waals surface area contributed by atoms with E-state index in [1.807, 2.05) is 0 Å². The number of aliphatic hydroxyl groups is 12. The molecular formula is C18H32O17. The quantitative estimate of drug-likeness (QED) is 0.139. The van der Waals surface area contributed by atoms with Crippen LogP contribution in [0.3, 0.4) is 0 Å². The molecular weight excluding hydrogens is 488 g/mol. The van der Waals surface area contributed by atoms with Crippen molar-refractivity contribution in [3.05, 3.63) is 0 Å². The van der Waals surface area contributed by atoms with E-state index in [1.54, 1.807) is 0 Å². The molecule has 0 radical (unpaired) electrons. The highest BCUT2D eigenvalue weighted by Gasteiger charge is 2.62. The van der Waals surface area contributed by atoms with Gasteiger partial charge in [-0.15, -0.1) is 0 Å². The minimum atomic E-state index is -3.12. The first-order valence-electron chi connectivity index (χ1n) is 10.7. The molecule has 17 heteroatoms. The molecule has 17 nitrogen and oxygen atoms in total. The van der Waals surface area contributed by atoms with E-state index in [0.717, 1.165) is 0 Å². The van der Waals surface area contributed by atoms with Crippen LogP contribution in [0.2, 0.25) is 0 Å². The van der Waals surface area contributed by atoms with Crippen molar-refractivity contribution in [3.8, 4) is 0 Å². The van der Waals surface area contributed by atoms with Gasteiger partial charge in [0.05, 0.1) is 19.8 Å². The summed E-state index contributed by atoms with van der Waals surface area (Å²) in [6, 6.07) is 0. The smallest absolute Gasteiger partial charge is 0.314 e. The summed E-state index contributed by atoms with van der Waals surface area (Å²) in [4.78, 5) is 0. The van der Waals surface area contributed by atoms with Gasteiger partial charge in [0.25, 0.3) is 0 Å². The van der Waals surface area contributed by atoms with E-state index in [9.17, 15) is 61.3 Å². The summed E-state index contributed by atoms with van der Waals surface area (Å²) in [7, 11) is 0. The molecule has 3 aliphatic heterocycles. The molecule has 0 amide bonds. The van der Waals surface area contributed by atoms with Gasteiger partial charge in [-0.05, 0) is 0 Å². The Labute approximate surface area is 197 Å². The maximum atomic E-state index is 10.7. The Hall–Kier alpha value is -0.680. The van der Waals surface area contributed by atoms with Crippen molar-refractivity contribution in [2.24, 2.45) is 0 Å². The van der Waals surface area contributed by atoms with E-state index >= 15 is 0 Å². The Balaban J connectivity index is 1.97. The lowest BCUT2D eigenvalue weighted by molar-refractivity contribution is -0.508. The van der Waals surface area contributed by atoms with E-state index < -0.39 is 112 Å². The molecule has 3 heterocycles. The van der Waals surface area contributed by atoms with Crippen LogP contribution < -0.4 is 0 Å². The summed E-state index contributed by atoms with van der Waals surface area (Å²) in [5.74, 6) is -3.12. The lowest BCUT2D eigenvalue weighted by Crippen LogP contribution is -2.73. The first-order valence-corrected chi connectivity index (χ1v) is 10.7. The molecule has 0 spiro atoms. The summed E-state index contributed by atoms with van der Waals surface area (Å²) >= 11 is 0. The van der Waals surface area contributed by atoms with Crippen molar-refractivity contribution >= 4 is 0 Å².